The van der Waals surface area contributed by atoms with E-state index < -0.39 is 0 Å². The highest BCUT2D eigenvalue weighted by atomic mass is 16.2. The van der Waals surface area contributed by atoms with Gasteiger partial charge in [-0.05, 0) is 25.2 Å². The van der Waals surface area contributed by atoms with E-state index in [1.807, 2.05) is 0 Å². The van der Waals surface area contributed by atoms with Crippen LogP contribution in [0.4, 0.5) is 0 Å². The lowest BCUT2D eigenvalue weighted by Crippen LogP contribution is -2.46. The molecule has 0 aromatic heterocycles. The van der Waals surface area contributed by atoms with Gasteiger partial charge in [0, 0.05) is 25.7 Å². The van der Waals surface area contributed by atoms with Crippen molar-refractivity contribution in [2.24, 2.45) is 11.7 Å². The van der Waals surface area contributed by atoms with E-state index in [1.54, 1.807) is 0 Å². The first kappa shape index (κ1) is 16.4. The van der Waals surface area contributed by atoms with Gasteiger partial charge in [0.1, 0.15) is 0 Å². The van der Waals surface area contributed by atoms with Gasteiger partial charge in [-0.25, -0.2) is 0 Å². The summed E-state index contributed by atoms with van der Waals surface area (Å²) in [6.07, 6.45) is 7.42. The Labute approximate surface area is 118 Å². The minimum Gasteiger partial charge on any atom is -0.355 e. The second kappa shape index (κ2) is 9.32. The van der Waals surface area contributed by atoms with Gasteiger partial charge in [-0.15, -0.1) is 0 Å². The van der Waals surface area contributed by atoms with Crippen LogP contribution < -0.4 is 11.1 Å². The first-order valence-corrected chi connectivity index (χ1v) is 7.84. The van der Waals surface area contributed by atoms with Gasteiger partial charge in [0.05, 0.1) is 6.54 Å². The molecule has 1 aliphatic rings. The van der Waals surface area contributed by atoms with E-state index in [-0.39, 0.29) is 5.91 Å². The number of hydrogen-bond donors (Lipinski definition) is 2. The van der Waals surface area contributed by atoms with E-state index in [9.17, 15) is 4.79 Å². The van der Waals surface area contributed by atoms with E-state index in [0.717, 1.165) is 19.5 Å². The van der Waals surface area contributed by atoms with Crippen LogP contribution in [0.25, 0.3) is 0 Å². The third kappa shape index (κ3) is 6.92. The molecule has 0 aromatic rings. The number of nitrogens with one attached hydrogen (secondary N) is 1. The van der Waals surface area contributed by atoms with Gasteiger partial charge in [0.25, 0.3) is 0 Å². The first-order valence-electron chi connectivity index (χ1n) is 7.84. The third-order valence-electron chi connectivity index (χ3n) is 3.90. The SMILES string of the molecule is CC(C)CCNC(=O)CN(CCN)C1CCCCC1. The molecule has 0 atom stereocenters. The molecule has 3 N–H and O–H groups in total. The van der Waals surface area contributed by atoms with E-state index in [0.29, 0.717) is 25.0 Å². The Kier molecular flexibility index (Phi) is 8.07. The molecule has 0 bridgehead atoms. The molecule has 0 saturated heterocycles. The van der Waals surface area contributed by atoms with Crippen molar-refractivity contribution in [2.45, 2.75) is 58.4 Å². The standard InChI is InChI=1S/C15H31N3O/c1-13(2)8-10-17-15(19)12-18(11-9-16)14-6-4-3-5-7-14/h13-14H,3-12,16H2,1-2H3,(H,17,19). The highest BCUT2D eigenvalue weighted by Gasteiger charge is 2.22. The molecule has 1 saturated carbocycles. The highest BCUT2D eigenvalue weighted by molar-refractivity contribution is 5.78. The zero-order chi connectivity index (χ0) is 14.1. The third-order valence-corrected chi connectivity index (χ3v) is 3.90. The lowest BCUT2D eigenvalue weighted by Gasteiger charge is -2.33. The Morgan fingerprint density at radius 1 is 1.32 bits per heavy atom. The van der Waals surface area contributed by atoms with Gasteiger partial charge in [-0.1, -0.05) is 33.1 Å². The predicted molar refractivity (Wildman–Crippen MR) is 80.0 cm³/mol. The van der Waals surface area contributed by atoms with Crippen molar-refractivity contribution in [1.29, 1.82) is 0 Å². The minimum absolute atomic E-state index is 0.152. The van der Waals surface area contributed by atoms with E-state index in [2.05, 4.69) is 24.1 Å². The molecule has 1 aliphatic carbocycles. The van der Waals surface area contributed by atoms with Gasteiger partial charge in [-0.3, -0.25) is 9.69 Å². The molecule has 4 nitrogen and oxygen atoms in total. The van der Waals surface area contributed by atoms with Crippen LogP contribution in [-0.2, 0) is 4.79 Å². The van der Waals surface area contributed by atoms with Crippen molar-refractivity contribution >= 4 is 5.91 Å². The minimum atomic E-state index is 0.152. The molecule has 112 valence electrons. The second-order valence-electron chi connectivity index (χ2n) is 6.08. The fourth-order valence-corrected chi connectivity index (χ4v) is 2.74. The fraction of sp³-hybridized carbons (Fsp3) is 0.933. The molecule has 0 unspecified atom stereocenters. The molecule has 4 heteroatoms. The second-order valence-corrected chi connectivity index (χ2v) is 6.08. The Morgan fingerprint density at radius 3 is 2.58 bits per heavy atom. The van der Waals surface area contributed by atoms with Crippen LogP contribution in [0, 0.1) is 5.92 Å². The summed E-state index contributed by atoms with van der Waals surface area (Å²) in [5.41, 5.74) is 5.68. The van der Waals surface area contributed by atoms with Gasteiger partial charge in [0.2, 0.25) is 5.91 Å². The molecule has 0 heterocycles. The molecular formula is C15H31N3O. The van der Waals surface area contributed by atoms with Crippen LogP contribution in [-0.4, -0.2) is 43.0 Å². The van der Waals surface area contributed by atoms with Crippen molar-refractivity contribution in [2.75, 3.05) is 26.2 Å². The lowest BCUT2D eigenvalue weighted by molar-refractivity contribution is -0.123. The van der Waals surface area contributed by atoms with Crippen LogP contribution in [0.5, 0.6) is 0 Å². The number of amides is 1. The smallest absolute Gasteiger partial charge is 0.234 e. The molecule has 0 radical (unpaired) electrons. The summed E-state index contributed by atoms with van der Waals surface area (Å²) in [6.45, 7) is 7.12. The van der Waals surface area contributed by atoms with Crippen molar-refractivity contribution in [3.05, 3.63) is 0 Å². The van der Waals surface area contributed by atoms with Crippen LogP contribution in [0.2, 0.25) is 0 Å². The zero-order valence-electron chi connectivity index (χ0n) is 12.7. The molecule has 0 spiro atoms. The molecule has 1 fully saturated rings. The fourth-order valence-electron chi connectivity index (χ4n) is 2.74. The average Bonchev–Trinajstić information content (AvgIpc) is 2.39. The van der Waals surface area contributed by atoms with Crippen LogP contribution >= 0.6 is 0 Å². The van der Waals surface area contributed by atoms with Gasteiger partial charge >= 0.3 is 0 Å². The summed E-state index contributed by atoms with van der Waals surface area (Å²) in [4.78, 5) is 14.2. The number of nitrogens with two attached hydrogens (primary N) is 1. The topological polar surface area (TPSA) is 58.4 Å². The normalized spacial score (nSPS) is 17.1. The Morgan fingerprint density at radius 2 is 2.00 bits per heavy atom. The lowest BCUT2D eigenvalue weighted by atomic mass is 9.94. The van der Waals surface area contributed by atoms with Crippen LogP contribution in [0.3, 0.4) is 0 Å². The summed E-state index contributed by atoms with van der Waals surface area (Å²) in [5.74, 6) is 0.790. The maximum Gasteiger partial charge on any atom is 0.234 e. The van der Waals surface area contributed by atoms with Crippen molar-refractivity contribution in [3.63, 3.8) is 0 Å². The zero-order valence-corrected chi connectivity index (χ0v) is 12.7. The Bertz CT molecular complexity index is 250. The van der Waals surface area contributed by atoms with Crippen molar-refractivity contribution in [3.8, 4) is 0 Å². The largest absolute Gasteiger partial charge is 0.355 e. The highest BCUT2D eigenvalue weighted by Crippen LogP contribution is 2.22. The van der Waals surface area contributed by atoms with Gasteiger partial charge in [-0.2, -0.15) is 0 Å². The number of carbonyl (C=O) groups is 1. The summed E-state index contributed by atoms with van der Waals surface area (Å²) in [5, 5.41) is 3.02. The van der Waals surface area contributed by atoms with Gasteiger partial charge < -0.3 is 11.1 Å². The summed E-state index contributed by atoms with van der Waals surface area (Å²) < 4.78 is 0. The van der Waals surface area contributed by atoms with E-state index in [1.165, 1.54) is 32.1 Å². The maximum atomic E-state index is 12.0. The number of carbonyl (C=O) groups excluding carboxylic acids is 1. The van der Waals surface area contributed by atoms with Crippen LogP contribution in [0.1, 0.15) is 52.4 Å². The average molecular weight is 269 g/mol. The van der Waals surface area contributed by atoms with Crippen molar-refractivity contribution in [1.82, 2.24) is 10.2 Å². The summed E-state index contributed by atoms with van der Waals surface area (Å²) >= 11 is 0. The maximum absolute atomic E-state index is 12.0. The van der Waals surface area contributed by atoms with Crippen LogP contribution in [0.15, 0.2) is 0 Å². The summed E-state index contributed by atoms with van der Waals surface area (Å²) in [6, 6.07) is 0.563. The summed E-state index contributed by atoms with van der Waals surface area (Å²) in [7, 11) is 0. The van der Waals surface area contributed by atoms with Crippen molar-refractivity contribution < 1.29 is 4.79 Å². The number of hydrogen-bond acceptors (Lipinski definition) is 3. The molecule has 0 aliphatic heterocycles. The monoisotopic (exact) mass is 269 g/mol. The predicted octanol–water partition coefficient (Wildman–Crippen LogP) is 1.74. The first-order chi connectivity index (χ1) is 9.13. The Balaban J connectivity index is 2.32. The van der Waals surface area contributed by atoms with Gasteiger partial charge in [0.15, 0.2) is 0 Å². The molecule has 19 heavy (non-hydrogen) atoms. The molecule has 1 rings (SSSR count). The van der Waals surface area contributed by atoms with E-state index in [4.69, 9.17) is 5.73 Å². The Hall–Kier alpha value is -0.610. The van der Waals surface area contributed by atoms with E-state index >= 15 is 0 Å². The number of rotatable bonds is 8. The number of nitrogens with zero attached hydrogens (tertiary/aromatic N) is 1. The molecule has 1 amide bonds. The quantitative estimate of drug-likeness (QED) is 0.706. The molecule has 0 aromatic carbocycles. The molecular weight excluding hydrogens is 238 g/mol.